The Morgan fingerprint density at radius 1 is 0.897 bits per heavy atom. The second kappa shape index (κ2) is 11.5. The molecule has 29 heavy (non-hydrogen) atoms. The number of rotatable bonds is 4. The molecule has 3 aromatic rings. The van der Waals surface area contributed by atoms with Gasteiger partial charge in [-0.15, -0.1) is 0 Å². The molecule has 0 amide bonds. The van der Waals surface area contributed by atoms with Gasteiger partial charge < -0.3 is 5.11 Å². The van der Waals surface area contributed by atoms with Gasteiger partial charge in [-0.25, -0.2) is 4.98 Å². The van der Waals surface area contributed by atoms with Gasteiger partial charge in [0.1, 0.15) is 11.3 Å². The third-order valence-electron chi connectivity index (χ3n) is 4.39. The number of phenols is 1. The van der Waals surface area contributed by atoms with Crippen molar-refractivity contribution in [2.45, 2.75) is 39.5 Å². The molecule has 0 unspecified atom stereocenters. The topological polar surface area (TPSA) is 45.5 Å². The van der Waals surface area contributed by atoms with Crippen molar-refractivity contribution in [3.63, 3.8) is 0 Å². The molecular weight excluding hydrogens is 506 g/mol. The maximum absolute atomic E-state index is 10.0. The molecule has 0 saturated carbocycles. The molecule has 3 rings (SSSR count). The summed E-state index contributed by atoms with van der Waals surface area (Å²) < 4.78 is 0. The summed E-state index contributed by atoms with van der Waals surface area (Å²) >= 11 is -2.13. The van der Waals surface area contributed by atoms with Crippen LogP contribution in [0.2, 0.25) is 0 Å². The fourth-order valence-corrected chi connectivity index (χ4v) is 3.01. The number of hydrogen-bond donors (Lipinski definition) is 1. The summed E-state index contributed by atoms with van der Waals surface area (Å²) in [6, 6.07) is 15.7. The first kappa shape index (κ1) is 24.3. The zero-order valence-corrected chi connectivity index (χ0v) is 21.6. The van der Waals surface area contributed by atoms with Crippen LogP contribution < -0.4 is 0 Å². The van der Waals surface area contributed by atoms with Crippen molar-refractivity contribution in [3.8, 4) is 5.75 Å². The van der Waals surface area contributed by atoms with Crippen LogP contribution in [0.1, 0.15) is 56.4 Å². The third kappa shape index (κ3) is 7.07. The number of fused-ring (bicyclic) bond motifs is 1. The van der Waals surface area contributed by atoms with Crippen molar-refractivity contribution in [1.29, 1.82) is 0 Å². The standard InChI is InChI=1S/C22H24N2O.3ClH.Zr/c1-14(2)18-8-6-9-19(15(3)4)22(18)23-13-17-12-11-16-7-5-10-20(25)21(16)24-17;;;;/h5-15,25H,1-4H3;3*1H;/q;;;;+3/p-3. The summed E-state index contributed by atoms with van der Waals surface area (Å²) in [4.78, 5) is 9.33. The molecule has 2 aromatic carbocycles. The van der Waals surface area contributed by atoms with Crippen LogP contribution in [0.4, 0.5) is 5.69 Å². The van der Waals surface area contributed by atoms with Gasteiger partial charge in [-0.1, -0.05) is 64.1 Å². The molecule has 1 heterocycles. The van der Waals surface area contributed by atoms with E-state index in [0.29, 0.717) is 17.4 Å². The molecule has 7 heteroatoms. The number of nitrogens with zero attached hydrogens (tertiary/aromatic N) is 2. The van der Waals surface area contributed by atoms with Crippen molar-refractivity contribution >= 4 is 48.3 Å². The summed E-state index contributed by atoms with van der Waals surface area (Å²) in [7, 11) is 15.0. The number of phenolic OH excluding ortho intramolecular Hbond substituents is 1. The molecule has 0 bridgehead atoms. The van der Waals surface area contributed by atoms with E-state index >= 15 is 0 Å². The zero-order chi connectivity index (χ0) is 21.6. The van der Waals surface area contributed by atoms with Gasteiger partial charge in [0.25, 0.3) is 0 Å². The van der Waals surface area contributed by atoms with Gasteiger partial charge in [-0.05, 0) is 35.1 Å². The van der Waals surface area contributed by atoms with Gasteiger partial charge in [0.15, 0.2) is 0 Å². The van der Waals surface area contributed by atoms with Gasteiger partial charge in [-0.2, -0.15) is 0 Å². The van der Waals surface area contributed by atoms with Gasteiger partial charge in [0, 0.05) is 5.39 Å². The van der Waals surface area contributed by atoms with Crippen LogP contribution in [0.5, 0.6) is 5.75 Å². The Morgan fingerprint density at radius 3 is 2.00 bits per heavy atom. The van der Waals surface area contributed by atoms with Gasteiger partial charge in [-0.3, -0.25) is 4.99 Å². The van der Waals surface area contributed by atoms with E-state index in [1.807, 2.05) is 24.3 Å². The van der Waals surface area contributed by atoms with E-state index in [4.69, 9.17) is 30.5 Å². The predicted octanol–water partition coefficient (Wildman–Crippen LogP) is 8.00. The molecule has 1 aromatic heterocycles. The van der Waals surface area contributed by atoms with Crippen LogP contribution in [0.15, 0.2) is 53.5 Å². The van der Waals surface area contributed by atoms with Crippen molar-refractivity contribution in [2.24, 2.45) is 4.99 Å². The van der Waals surface area contributed by atoms with Crippen LogP contribution in [0, 0.1) is 0 Å². The Labute approximate surface area is 191 Å². The van der Waals surface area contributed by atoms with Crippen LogP contribution in [-0.2, 0) is 18.2 Å². The molecule has 0 spiro atoms. The SMILES string of the molecule is CC(C)c1cccc(C(C)C)c1N=Cc1ccc2cccc(O)c2n1.[Cl][Zr]([Cl])[Cl]. The average molecular weight is 530 g/mol. The molecular formula is C22H24Cl3N2OZr. The number of aliphatic imine (C=N–C) groups is 1. The van der Waals surface area contributed by atoms with Crippen molar-refractivity contribution in [2.75, 3.05) is 0 Å². The fourth-order valence-electron chi connectivity index (χ4n) is 3.01. The number of pyridine rings is 1. The summed E-state index contributed by atoms with van der Waals surface area (Å²) in [6.45, 7) is 8.74. The molecule has 3 nitrogen and oxygen atoms in total. The fraction of sp³-hybridized carbons (Fsp3) is 0.273. The minimum absolute atomic E-state index is 0.193. The van der Waals surface area contributed by atoms with E-state index in [9.17, 15) is 5.11 Å². The predicted molar refractivity (Wildman–Crippen MR) is 123 cm³/mol. The van der Waals surface area contributed by atoms with E-state index in [1.165, 1.54) is 11.1 Å². The van der Waals surface area contributed by atoms with E-state index in [-0.39, 0.29) is 5.75 Å². The maximum atomic E-state index is 10.0. The van der Waals surface area contributed by atoms with Gasteiger partial charge in [0.2, 0.25) is 0 Å². The number of halogens is 3. The molecule has 153 valence electrons. The summed E-state index contributed by atoms with van der Waals surface area (Å²) in [6.07, 6.45) is 1.79. The molecule has 0 atom stereocenters. The Balaban J connectivity index is 0.000000687. The molecule has 0 aliphatic heterocycles. The van der Waals surface area contributed by atoms with Gasteiger partial charge in [0.05, 0.1) is 17.6 Å². The normalized spacial score (nSPS) is 11.2. The van der Waals surface area contributed by atoms with Crippen LogP contribution in [0.3, 0.4) is 0 Å². The first-order valence-corrected chi connectivity index (χ1v) is 18.8. The Bertz CT molecular complexity index is 962. The third-order valence-corrected chi connectivity index (χ3v) is 4.39. The number of aromatic nitrogens is 1. The number of aromatic hydroxyl groups is 1. The second-order valence-corrected chi connectivity index (χ2v) is 18.3. The summed E-state index contributed by atoms with van der Waals surface area (Å²) in [5.74, 6) is 0.997. The molecule has 0 aliphatic rings. The van der Waals surface area contributed by atoms with E-state index in [0.717, 1.165) is 16.8 Å². The molecule has 0 radical (unpaired) electrons. The van der Waals surface area contributed by atoms with E-state index in [2.05, 4.69) is 50.9 Å². The molecule has 1 N–H and O–H groups in total. The Morgan fingerprint density at radius 2 is 1.45 bits per heavy atom. The molecule has 0 fully saturated rings. The zero-order valence-electron chi connectivity index (χ0n) is 16.8. The first-order chi connectivity index (χ1) is 13.7. The van der Waals surface area contributed by atoms with Crippen LogP contribution in [0.25, 0.3) is 10.9 Å². The van der Waals surface area contributed by atoms with Crippen molar-refractivity contribution in [1.82, 2.24) is 4.98 Å². The monoisotopic (exact) mass is 527 g/mol. The van der Waals surface area contributed by atoms with E-state index < -0.39 is 18.2 Å². The Kier molecular flexibility index (Phi) is 9.62. The second-order valence-electron chi connectivity index (χ2n) is 7.15. The van der Waals surface area contributed by atoms with Crippen molar-refractivity contribution < 1.29 is 23.3 Å². The quantitative estimate of drug-likeness (QED) is 0.348. The Hall–Kier alpha value is -0.927. The van der Waals surface area contributed by atoms with Crippen molar-refractivity contribution in [3.05, 3.63) is 65.4 Å². The number of benzene rings is 2. The molecule has 0 aliphatic carbocycles. The summed E-state index contributed by atoms with van der Waals surface area (Å²) in [5, 5.41) is 10.9. The van der Waals surface area contributed by atoms with E-state index in [1.54, 1.807) is 12.3 Å². The summed E-state index contributed by atoms with van der Waals surface area (Å²) in [5.41, 5.74) is 4.86. The van der Waals surface area contributed by atoms with Crippen LogP contribution >= 0.6 is 25.5 Å². The van der Waals surface area contributed by atoms with Gasteiger partial charge >= 0.3 is 43.7 Å². The molecule has 0 saturated heterocycles. The average Bonchev–Trinajstić information content (AvgIpc) is 2.66. The number of para-hydroxylation sites is 2. The minimum atomic E-state index is -2.13. The number of hydrogen-bond acceptors (Lipinski definition) is 3. The first-order valence-electron chi connectivity index (χ1n) is 9.29. The van der Waals surface area contributed by atoms with Crippen LogP contribution in [-0.4, -0.2) is 16.3 Å².